The molecule has 0 fully saturated rings. The van der Waals surface area contributed by atoms with Crippen LogP contribution in [-0.4, -0.2) is 105 Å². The molecule has 242 valence electrons. The van der Waals surface area contributed by atoms with Crippen LogP contribution in [0.2, 0.25) is 0 Å². The summed E-state index contributed by atoms with van der Waals surface area (Å²) in [5, 5.41) is 39.3. The largest absolute Gasteiger partial charge is 0.480 e. The van der Waals surface area contributed by atoms with Gasteiger partial charge in [-0.15, -0.1) is 0 Å². The molecule has 0 unspecified atom stereocenters. The summed E-state index contributed by atoms with van der Waals surface area (Å²) >= 11 is 0. The molecule has 44 heavy (non-hydrogen) atoms. The Kier molecular flexibility index (Phi) is 13.5. The van der Waals surface area contributed by atoms with Crippen molar-refractivity contribution in [3.63, 3.8) is 0 Å². The van der Waals surface area contributed by atoms with Crippen molar-refractivity contribution in [3.8, 4) is 0 Å². The van der Waals surface area contributed by atoms with Crippen molar-refractivity contribution in [1.29, 1.82) is 0 Å². The van der Waals surface area contributed by atoms with Crippen LogP contribution in [0.4, 0.5) is 0 Å². The van der Waals surface area contributed by atoms with Gasteiger partial charge in [-0.05, 0) is 38.3 Å². The van der Waals surface area contributed by atoms with E-state index in [1.165, 1.54) is 13.8 Å². The Morgan fingerprint density at radius 3 is 2.14 bits per heavy atom. The van der Waals surface area contributed by atoms with Crippen LogP contribution < -0.4 is 38.5 Å². The second-order valence-electron chi connectivity index (χ2n) is 10.2. The first-order valence-electron chi connectivity index (χ1n) is 13.8. The molecular formula is C27H41N9O8. The number of aliphatic hydroxyl groups excluding tert-OH is 2. The van der Waals surface area contributed by atoms with E-state index < -0.39 is 72.5 Å². The van der Waals surface area contributed by atoms with Crippen LogP contribution in [0.5, 0.6) is 0 Å². The number of benzene rings is 1. The van der Waals surface area contributed by atoms with Gasteiger partial charge in [0, 0.05) is 30.1 Å². The first-order valence-corrected chi connectivity index (χ1v) is 13.8. The van der Waals surface area contributed by atoms with E-state index in [2.05, 4.69) is 31.2 Å². The third-order valence-electron chi connectivity index (χ3n) is 6.68. The summed E-state index contributed by atoms with van der Waals surface area (Å²) < 4.78 is 0. The van der Waals surface area contributed by atoms with Gasteiger partial charge >= 0.3 is 5.97 Å². The molecule has 0 aliphatic rings. The highest BCUT2D eigenvalue weighted by molar-refractivity contribution is 5.95. The molecule has 1 aromatic carbocycles. The molecule has 0 radical (unpaired) electrons. The number of hydrogen-bond acceptors (Lipinski definition) is 9. The van der Waals surface area contributed by atoms with Gasteiger partial charge < -0.3 is 58.8 Å². The lowest BCUT2D eigenvalue weighted by Crippen LogP contribution is -2.59. The summed E-state index contributed by atoms with van der Waals surface area (Å²) in [5.41, 5.74) is 17.7. The summed E-state index contributed by atoms with van der Waals surface area (Å²) in [5.74, 6) is -4.92. The smallest absolute Gasteiger partial charge is 0.326 e. The van der Waals surface area contributed by atoms with E-state index in [0.29, 0.717) is 5.56 Å². The first-order chi connectivity index (χ1) is 20.7. The van der Waals surface area contributed by atoms with E-state index >= 15 is 0 Å². The highest BCUT2D eigenvalue weighted by atomic mass is 16.4. The summed E-state index contributed by atoms with van der Waals surface area (Å²) in [6.07, 6.45) is 0.646. The maximum absolute atomic E-state index is 13.0. The van der Waals surface area contributed by atoms with Gasteiger partial charge in [0.15, 0.2) is 5.96 Å². The van der Waals surface area contributed by atoms with Crippen molar-refractivity contribution in [2.45, 2.75) is 69.4 Å². The number of para-hydroxylation sites is 1. The predicted octanol–water partition coefficient (Wildman–Crippen LogP) is -3.49. The molecule has 0 saturated carbocycles. The predicted molar refractivity (Wildman–Crippen MR) is 160 cm³/mol. The normalized spacial score (nSPS) is 15.1. The Hall–Kier alpha value is -4.74. The van der Waals surface area contributed by atoms with Crippen LogP contribution in [0.1, 0.15) is 32.3 Å². The SMILES string of the molecule is C[C@H](NC(=O)[C@H](CO)NC(=O)[C@H](CCCN=C(N)N)NC(=O)[C@H](N)[C@@H](C)O)C(=O)N[C@H](Cc1c[nH]c2ccccc12)C(=O)O. The molecular weight excluding hydrogens is 578 g/mol. The van der Waals surface area contributed by atoms with Crippen LogP contribution in [0.25, 0.3) is 10.9 Å². The van der Waals surface area contributed by atoms with Crippen molar-refractivity contribution < 1.29 is 39.3 Å². The number of nitrogens with one attached hydrogen (secondary N) is 5. The number of carbonyl (C=O) groups excluding carboxylic acids is 4. The number of guanidine groups is 1. The molecule has 17 nitrogen and oxygen atoms in total. The van der Waals surface area contributed by atoms with E-state index in [9.17, 15) is 39.3 Å². The molecule has 0 saturated heterocycles. The van der Waals surface area contributed by atoms with Gasteiger partial charge in [-0.25, -0.2) is 4.79 Å². The fraction of sp³-hybridized carbons (Fsp3) is 0.481. The fourth-order valence-electron chi connectivity index (χ4n) is 4.12. The maximum atomic E-state index is 13.0. The summed E-state index contributed by atoms with van der Waals surface area (Å²) in [4.78, 5) is 69.8. The Labute approximate surface area is 253 Å². The minimum atomic E-state index is -1.54. The standard InChI is InChI=1S/C27H41N9O8/c1-13(22(39)35-19(26(43)44)10-15-11-32-17-7-4-3-6-16(15)17)33-24(41)20(12-37)36-23(40)18(8-5-9-31-27(29)30)34-25(42)21(28)14(2)38/h3-4,6-7,11,13-14,18-21,32,37-38H,5,8-10,12,28H2,1-2H3,(H,33,41)(H,34,42)(H,35,39)(H,36,40)(H,43,44)(H4,29,30,31)/t13-,14+,18-,19+,20-,21+/m0/s1. The van der Waals surface area contributed by atoms with Gasteiger partial charge in [0.25, 0.3) is 0 Å². The molecule has 0 aliphatic carbocycles. The summed E-state index contributed by atoms with van der Waals surface area (Å²) in [6, 6.07) is 0.573. The number of amides is 4. The lowest BCUT2D eigenvalue weighted by molar-refractivity contribution is -0.142. The monoisotopic (exact) mass is 619 g/mol. The number of aromatic amines is 1. The number of H-pyrrole nitrogens is 1. The zero-order valence-corrected chi connectivity index (χ0v) is 24.4. The number of aromatic nitrogens is 1. The van der Waals surface area contributed by atoms with Crippen LogP contribution in [-0.2, 0) is 30.4 Å². The number of nitrogens with two attached hydrogens (primary N) is 3. The van der Waals surface area contributed by atoms with Crippen molar-refractivity contribution in [2.24, 2.45) is 22.2 Å². The molecule has 0 bridgehead atoms. The van der Waals surface area contributed by atoms with E-state index in [0.717, 1.165) is 10.9 Å². The number of fused-ring (bicyclic) bond motifs is 1. The zero-order chi connectivity index (χ0) is 33.0. The van der Waals surface area contributed by atoms with Crippen LogP contribution in [0.3, 0.4) is 0 Å². The van der Waals surface area contributed by atoms with Gasteiger partial charge in [-0.3, -0.25) is 24.2 Å². The molecule has 2 aromatic rings. The zero-order valence-electron chi connectivity index (χ0n) is 24.4. The molecule has 2 rings (SSSR count). The molecule has 14 N–H and O–H groups in total. The number of hydrogen-bond donors (Lipinski definition) is 11. The van der Waals surface area contributed by atoms with E-state index in [4.69, 9.17) is 17.2 Å². The Bertz CT molecular complexity index is 1340. The number of carboxylic acids is 1. The van der Waals surface area contributed by atoms with Crippen molar-refractivity contribution in [1.82, 2.24) is 26.3 Å². The average molecular weight is 620 g/mol. The lowest BCUT2D eigenvalue weighted by atomic mass is 10.0. The quantitative estimate of drug-likeness (QED) is 0.0469. The van der Waals surface area contributed by atoms with Gasteiger partial charge in [0.2, 0.25) is 23.6 Å². The Balaban J connectivity index is 2.04. The van der Waals surface area contributed by atoms with Crippen LogP contribution in [0.15, 0.2) is 35.5 Å². The fourth-order valence-corrected chi connectivity index (χ4v) is 4.12. The van der Waals surface area contributed by atoms with Gasteiger partial charge in [-0.2, -0.15) is 0 Å². The average Bonchev–Trinajstić information content (AvgIpc) is 3.38. The molecule has 0 aliphatic heterocycles. The highest BCUT2D eigenvalue weighted by Gasteiger charge is 2.31. The van der Waals surface area contributed by atoms with E-state index in [-0.39, 0.29) is 31.8 Å². The number of carboxylic acid groups (broad SMARTS) is 1. The van der Waals surface area contributed by atoms with Gasteiger partial charge in [0.05, 0.1) is 12.7 Å². The lowest BCUT2D eigenvalue weighted by Gasteiger charge is -2.25. The van der Waals surface area contributed by atoms with Crippen molar-refractivity contribution >= 4 is 46.5 Å². The third-order valence-corrected chi connectivity index (χ3v) is 6.68. The Morgan fingerprint density at radius 1 is 0.909 bits per heavy atom. The van der Waals surface area contributed by atoms with Crippen LogP contribution >= 0.6 is 0 Å². The number of rotatable bonds is 17. The minimum absolute atomic E-state index is 0.00641. The number of aliphatic hydroxyl groups is 2. The minimum Gasteiger partial charge on any atom is -0.480 e. The van der Waals surface area contributed by atoms with E-state index in [1.54, 1.807) is 12.3 Å². The summed E-state index contributed by atoms with van der Waals surface area (Å²) in [7, 11) is 0. The summed E-state index contributed by atoms with van der Waals surface area (Å²) in [6.45, 7) is 1.85. The number of carbonyl (C=O) groups is 5. The molecule has 1 heterocycles. The third kappa shape index (κ3) is 10.5. The molecule has 4 amide bonds. The topological polar surface area (TPSA) is 300 Å². The first kappa shape index (κ1) is 35.5. The number of aliphatic carboxylic acids is 1. The highest BCUT2D eigenvalue weighted by Crippen LogP contribution is 2.19. The van der Waals surface area contributed by atoms with Gasteiger partial charge in [0.1, 0.15) is 30.2 Å². The maximum Gasteiger partial charge on any atom is 0.326 e. The van der Waals surface area contributed by atoms with Gasteiger partial charge in [-0.1, -0.05) is 18.2 Å². The molecule has 6 atom stereocenters. The van der Waals surface area contributed by atoms with Crippen LogP contribution in [0, 0.1) is 0 Å². The van der Waals surface area contributed by atoms with E-state index in [1.807, 2.05) is 18.2 Å². The second-order valence-corrected chi connectivity index (χ2v) is 10.2. The molecule has 1 aromatic heterocycles. The molecule has 0 spiro atoms. The van der Waals surface area contributed by atoms with Crippen molar-refractivity contribution in [3.05, 3.63) is 36.0 Å². The molecule has 17 heteroatoms. The Morgan fingerprint density at radius 2 is 1.52 bits per heavy atom. The number of nitrogens with zero attached hydrogens (tertiary/aromatic N) is 1. The number of aliphatic imine (C=N–C) groups is 1. The second kappa shape index (κ2) is 16.8. The van der Waals surface area contributed by atoms with Crippen molar-refractivity contribution in [2.75, 3.05) is 13.2 Å².